The number of alkyl halides is 1. The van der Waals surface area contributed by atoms with Gasteiger partial charge in [-0.2, -0.15) is 0 Å². The molecule has 3 nitrogen and oxygen atoms in total. The van der Waals surface area contributed by atoms with E-state index in [2.05, 4.69) is 0 Å². The molecule has 2 N–H and O–H groups in total. The van der Waals surface area contributed by atoms with Crippen LogP contribution >= 0.6 is 11.6 Å². The van der Waals surface area contributed by atoms with Gasteiger partial charge in [0, 0.05) is 11.3 Å². The standard InChI is InChI=1S/C21H28ClFO3/c1-10-7-13-12-8-11(2)18(26)19(12,3)9-15(25)21(13,23)20(4)6-5-14(24)17(22)16(10)20/h5-6,10-13,15,18,25-26H,7-9H2,1-4H3/t10-,11+,12-,13-,15-,18+,19-,20-,21-/m0/s1. The summed E-state index contributed by atoms with van der Waals surface area (Å²) >= 11 is 6.34. The Balaban J connectivity index is 1.89. The van der Waals surface area contributed by atoms with Crippen molar-refractivity contribution in [1.82, 2.24) is 0 Å². The Labute approximate surface area is 159 Å². The molecule has 26 heavy (non-hydrogen) atoms. The van der Waals surface area contributed by atoms with Crippen LogP contribution in [0.25, 0.3) is 0 Å². The Bertz CT molecular complexity index is 733. The van der Waals surface area contributed by atoms with Gasteiger partial charge in [0.05, 0.1) is 17.2 Å². The van der Waals surface area contributed by atoms with Gasteiger partial charge in [-0.05, 0) is 61.0 Å². The average Bonchev–Trinajstić information content (AvgIpc) is 2.78. The monoisotopic (exact) mass is 382 g/mol. The SMILES string of the molecule is C[C@@H]1C[C@H]2[C@@H]3C[C@H](C)C4=C(Cl)C(=O)C=C[C@]4(C)[C@@]3(F)[C@@H](O)C[C@]2(C)[C@@H]1O. The number of aliphatic hydroxyl groups is 2. The van der Waals surface area contributed by atoms with Gasteiger partial charge in [0.2, 0.25) is 0 Å². The summed E-state index contributed by atoms with van der Waals surface area (Å²) in [6, 6.07) is 0. The lowest BCUT2D eigenvalue weighted by Gasteiger charge is -2.63. The lowest BCUT2D eigenvalue weighted by molar-refractivity contribution is -0.205. The molecule has 0 aromatic heterocycles. The van der Waals surface area contributed by atoms with Gasteiger partial charge >= 0.3 is 0 Å². The molecule has 0 amide bonds. The highest BCUT2D eigenvalue weighted by atomic mass is 35.5. The molecule has 0 radical (unpaired) electrons. The molecule has 4 aliphatic rings. The number of allylic oxidation sites excluding steroid dienone is 4. The maximum Gasteiger partial charge on any atom is 0.196 e. The number of hydrogen-bond acceptors (Lipinski definition) is 3. The minimum Gasteiger partial charge on any atom is -0.392 e. The van der Waals surface area contributed by atoms with E-state index < -0.39 is 28.7 Å². The molecule has 0 aromatic carbocycles. The minimum absolute atomic E-state index is 0.00604. The first kappa shape index (κ1) is 18.6. The molecule has 0 aromatic rings. The molecular formula is C21H28ClFO3. The highest BCUT2D eigenvalue weighted by Gasteiger charge is 2.72. The second-order valence-electron chi connectivity index (χ2n) is 9.63. The number of fused-ring (bicyclic) bond motifs is 5. The van der Waals surface area contributed by atoms with Crippen molar-refractivity contribution in [2.45, 2.75) is 64.8 Å². The Morgan fingerprint density at radius 3 is 2.50 bits per heavy atom. The van der Waals surface area contributed by atoms with E-state index in [1.54, 1.807) is 13.0 Å². The summed E-state index contributed by atoms with van der Waals surface area (Å²) in [4.78, 5) is 12.1. The second kappa shape index (κ2) is 5.42. The van der Waals surface area contributed by atoms with Crippen LogP contribution in [0.1, 0.15) is 47.0 Å². The van der Waals surface area contributed by atoms with Crippen LogP contribution in [-0.4, -0.2) is 33.9 Å². The topological polar surface area (TPSA) is 57.5 Å². The van der Waals surface area contributed by atoms with Gasteiger partial charge < -0.3 is 10.2 Å². The number of carbonyl (C=O) groups is 1. The molecule has 0 aliphatic heterocycles. The van der Waals surface area contributed by atoms with E-state index in [1.807, 2.05) is 20.8 Å². The molecule has 3 saturated carbocycles. The van der Waals surface area contributed by atoms with Crippen LogP contribution in [0.15, 0.2) is 22.8 Å². The highest BCUT2D eigenvalue weighted by Crippen LogP contribution is 2.69. The first-order valence-corrected chi connectivity index (χ1v) is 10.0. The fourth-order valence-corrected chi connectivity index (χ4v) is 7.51. The van der Waals surface area contributed by atoms with Crippen molar-refractivity contribution in [2.75, 3.05) is 0 Å². The van der Waals surface area contributed by atoms with Crippen LogP contribution < -0.4 is 0 Å². The lowest BCUT2D eigenvalue weighted by Crippen LogP contribution is -2.68. The van der Waals surface area contributed by atoms with Gasteiger partial charge in [0.1, 0.15) is 0 Å². The minimum atomic E-state index is -1.89. The van der Waals surface area contributed by atoms with E-state index in [-0.39, 0.29) is 40.9 Å². The molecule has 0 unspecified atom stereocenters. The molecule has 0 bridgehead atoms. The van der Waals surface area contributed by atoms with Gasteiger partial charge in [-0.3, -0.25) is 4.79 Å². The van der Waals surface area contributed by atoms with Crippen molar-refractivity contribution >= 4 is 17.4 Å². The highest BCUT2D eigenvalue weighted by molar-refractivity contribution is 6.45. The lowest BCUT2D eigenvalue weighted by atomic mass is 9.44. The maximum absolute atomic E-state index is 16.9. The molecule has 0 saturated heterocycles. The van der Waals surface area contributed by atoms with E-state index in [1.165, 1.54) is 6.08 Å². The number of halogens is 2. The third kappa shape index (κ3) is 1.94. The number of carbonyl (C=O) groups excluding carboxylic acids is 1. The van der Waals surface area contributed by atoms with Crippen molar-refractivity contribution in [1.29, 1.82) is 0 Å². The van der Waals surface area contributed by atoms with Crippen molar-refractivity contribution in [3.63, 3.8) is 0 Å². The fourth-order valence-electron chi connectivity index (χ4n) is 7.06. The van der Waals surface area contributed by atoms with Crippen LogP contribution in [0, 0.1) is 34.5 Å². The van der Waals surface area contributed by atoms with Gasteiger partial charge in [0.15, 0.2) is 11.5 Å². The van der Waals surface area contributed by atoms with E-state index in [0.29, 0.717) is 12.0 Å². The Morgan fingerprint density at radius 1 is 1.19 bits per heavy atom. The van der Waals surface area contributed by atoms with Crippen molar-refractivity contribution in [3.8, 4) is 0 Å². The summed E-state index contributed by atoms with van der Waals surface area (Å²) in [5.74, 6) is -0.605. The van der Waals surface area contributed by atoms with Crippen molar-refractivity contribution in [3.05, 3.63) is 22.8 Å². The molecule has 5 heteroatoms. The zero-order chi connectivity index (χ0) is 19.2. The summed E-state index contributed by atoms with van der Waals surface area (Å²) in [6.45, 7) is 7.78. The zero-order valence-electron chi connectivity index (χ0n) is 15.8. The summed E-state index contributed by atoms with van der Waals surface area (Å²) in [5.41, 5.74) is -2.84. The number of hydrogen-bond donors (Lipinski definition) is 2. The molecule has 0 heterocycles. The number of rotatable bonds is 0. The van der Waals surface area contributed by atoms with Crippen molar-refractivity contribution in [2.24, 2.45) is 34.5 Å². The Hall–Kier alpha value is -0.710. The Kier molecular flexibility index (Phi) is 3.89. The smallest absolute Gasteiger partial charge is 0.196 e. The van der Waals surface area contributed by atoms with Crippen LogP contribution in [0.5, 0.6) is 0 Å². The van der Waals surface area contributed by atoms with Gasteiger partial charge in [-0.25, -0.2) is 4.39 Å². The second-order valence-corrected chi connectivity index (χ2v) is 10.0. The zero-order valence-corrected chi connectivity index (χ0v) is 16.6. The van der Waals surface area contributed by atoms with Gasteiger partial charge in [0.25, 0.3) is 0 Å². The van der Waals surface area contributed by atoms with Crippen LogP contribution in [0.4, 0.5) is 4.39 Å². The average molecular weight is 383 g/mol. The van der Waals surface area contributed by atoms with Crippen LogP contribution in [-0.2, 0) is 4.79 Å². The normalized spacial score (nSPS) is 56.2. The number of ketones is 1. The molecule has 4 aliphatic carbocycles. The van der Waals surface area contributed by atoms with Crippen LogP contribution in [0.3, 0.4) is 0 Å². The molecule has 3 fully saturated rings. The van der Waals surface area contributed by atoms with Gasteiger partial charge in [-0.1, -0.05) is 38.4 Å². The number of aliphatic hydroxyl groups excluding tert-OH is 2. The third-order valence-electron chi connectivity index (χ3n) is 8.31. The molecule has 144 valence electrons. The predicted octanol–water partition coefficient (Wildman–Crippen LogP) is 3.78. The summed E-state index contributed by atoms with van der Waals surface area (Å²) in [5, 5.41) is 21.9. The van der Waals surface area contributed by atoms with Crippen molar-refractivity contribution < 1.29 is 19.4 Å². The first-order chi connectivity index (χ1) is 12.0. The van der Waals surface area contributed by atoms with E-state index >= 15 is 4.39 Å². The summed E-state index contributed by atoms with van der Waals surface area (Å²) < 4.78 is 16.9. The van der Waals surface area contributed by atoms with E-state index in [0.717, 1.165) is 6.42 Å². The van der Waals surface area contributed by atoms with E-state index in [9.17, 15) is 15.0 Å². The predicted molar refractivity (Wildman–Crippen MR) is 98.3 cm³/mol. The molecule has 0 spiro atoms. The molecular weight excluding hydrogens is 355 g/mol. The van der Waals surface area contributed by atoms with E-state index in [4.69, 9.17) is 11.6 Å². The molecule has 9 atom stereocenters. The largest absolute Gasteiger partial charge is 0.392 e. The first-order valence-electron chi connectivity index (χ1n) is 9.67. The quantitative estimate of drug-likeness (QED) is 0.670. The maximum atomic E-state index is 16.9. The third-order valence-corrected chi connectivity index (χ3v) is 8.70. The summed E-state index contributed by atoms with van der Waals surface area (Å²) in [7, 11) is 0. The fraction of sp³-hybridized carbons (Fsp3) is 0.762. The summed E-state index contributed by atoms with van der Waals surface area (Å²) in [6.07, 6.45) is 2.78. The molecule has 4 rings (SSSR count). The van der Waals surface area contributed by atoms with Gasteiger partial charge in [-0.15, -0.1) is 0 Å². The Morgan fingerprint density at radius 2 is 1.85 bits per heavy atom. The van der Waals surface area contributed by atoms with Crippen LogP contribution in [0.2, 0.25) is 0 Å².